The molecular weight excluding hydrogens is 330 g/mol. The van der Waals surface area contributed by atoms with Crippen molar-refractivity contribution in [1.82, 2.24) is 24.3 Å². The topological polar surface area (TPSA) is 72.2 Å². The molecule has 1 aliphatic rings. The quantitative estimate of drug-likeness (QED) is 0.761. The second-order valence-corrected chi connectivity index (χ2v) is 6.51. The molecule has 1 saturated heterocycles. The minimum Gasteiger partial charge on any atom is -0.331 e. The Morgan fingerprint density at radius 2 is 2.04 bits per heavy atom. The van der Waals surface area contributed by atoms with Crippen LogP contribution in [0, 0.1) is 0 Å². The molecule has 1 aromatic carbocycles. The van der Waals surface area contributed by atoms with Crippen LogP contribution in [0.15, 0.2) is 53.6 Å². The number of fused-ring (bicyclic) bond motifs is 1. The number of pyridine rings is 1. The Labute approximate surface area is 150 Å². The molecule has 0 saturated carbocycles. The Kier molecular flexibility index (Phi) is 4.30. The Morgan fingerprint density at radius 1 is 1.23 bits per heavy atom. The van der Waals surface area contributed by atoms with Gasteiger partial charge >= 0.3 is 5.69 Å². The lowest BCUT2D eigenvalue weighted by atomic mass is 10.1. The molecule has 1 fully saturated rings. The molecular formula is C19H21N5O2. The fourth-order valence-corrected chi connectivity index (χ4v) is 3.62. The summed E-state index contributed by atoms with van der Waals surface area (Å²) in [5.74, 6) is -0.0567. The predicted molar refractivity (Wildman–Crippen MR) is 98.7 cm³/mol. The van der Waals surface area contributed by atoms with E-state index in [-0.39, 0.29) is 24.2 Å². The first kappa shape index (κ1) is 16.5. The van der Waals surface area contributed by atoms with E-state index in [4.69, 9.17) is 0 Å². The number of carbonyl (C=O) groups is 1. The van der Waals surface area contributed by atoms with Crippen molar-refractivity contribution in [1.29, 1.82) is 0 Å². The van der Waals surface area contributed by atoms with E-state index in [0.717, 1.165) is 23.1 Å². The molecule has 3 aromatic rings. The van der Waals surface area contributed by atoms with Crippen LogP contribution in [0.1, 0.15) is 11.6 Å². The fraction of sp³-hybridized carbons (Fsp3) is 0.316. The van der Waals surface area contributed by atoms with Crippen molar-refractivity contribution in [2.24, 2.45) is 7.05 Å². The first-order valence-electron chi connectivity index (χ1n) is 8.71. The molecule has 1 N–H and O–H groups in total. The molecule has 1 amide bonds. The van der Waals surface area contributed by atoms with Crippen LogP contribution in [0.3, 0.4) is 0 Å². The van der Waals surface area contributed by atoms with Gasteiger partial charge in [0.05, 0.1) is 17.1 Å². The average Bonchev–Trinajstić information content (AvgIpc) is 2.94. The van der Waals surface area contributed by atoms with Crippen molar-refractivity contribution in [3.05, 3.63) is 64.8 Å². The Hall–Kier alpha value is -2.93. The molecule has 1 unspecified atom stereocenters. The number of rotatable bonds is 3. The van der Waals surface area contributed by atoms with Crippen molar-refractivity contribution in [2.45, 2.75) is 12.6 Å². The van der Waals surface area contributed by atoms with Crippen LogP contribution in [-0.2, 0) is 18.4 Å². The van der Waals surface area contributed by atoms with Gasteiger partial charge < -0.3 is 10.2 Å². The Morgan fingerprint density at radius 3 is 2.81 bits per heavy atom. The van der Waals surface area contributed by atoms with Gasteiger partial charge in [0, 0.05) is 39.1 Å². The number of nitrogens with one attached hydrogen (secondary N) is 1. The highest BCUT2D eigenvalue weighted by Crippen LogP contribution is 2.22. The normalized spacial score (nSPS) is 17.6. The zero-order valence-electron chi connectivity index (χ0n) is 14.6. The van der Waals surface area contributed by atoms with E-state index in [2.05, 4.69) is 10.3 Å². The number of piperazine rings is 1. The van der Waals surface area contributed by atoms with Crippen molar-refractivity contribution in [2.75, 3.05) is 19.6 Å². The average molecular weight is 351 g/mol. The van der Waals surface area contributed by atoms with Gasteiger partial charge in [-0.1, -0.05) is 18.2 Å². The second kappa shape index (κ2) is 6.76. The van der Waals surface area contributed by atoms with Crippen molar-refractivity contribution in [3.8, 4) is 0 Å². The standard InChI is InChI=1S/C19H21N5O2/c1-22-15-6-2-3-7-16(15)24(19(22)26)13-18(25)23-10-9-21-12-17(23)14-5-4-8-20-11-14/h2-8,11,17,21H,9-10,12-13H2,1H3. The van der Waals surface area contributed by atoms with Crippen LogP contribution >= 0.6 is 0 Å². The smallest absolute Gasteiger partial charge is 0.329 e. The molecule has 4 rings (SSSR count). The number of amides is 1. The number of benzene rings is 1. The number of hydrogen-bond acceptors (Lipinski definition) is 4. The van der Waals surface area contributed by atoms with E-state index < -0.39 is 0 Å². The van der Waals surface area contributed by atoms with E-state index in [1.165, 1.54) is 0 Å². The third-order valence-corrected chi connectivity index (χ3v) is 4.98. The molecule has 1 aliphatic heterocycles. The third kappa shape index (κ3) is 2.80. The lowest BCUT2D eigenvalue weighted by Gasteiger charge is -2.36. The molecule has 2 aromatic heterocycles. The summed E-state index contributed by atoms with van der Waals surface area (Å²) in [4.78, 5) is 31.7. The molecule has 0 bridgehead atoms. The maximum absolute atomic E-state index is 13.1. The van der Waals surface area contributed by atoms with Crippen LogP contribution in [0.5, 0.6) is 0 Å². The van der Waals surface area contributed by atoms with Crippen molar-refractivity contribution in [3.63, 3.8) is 0 Å². The molecule has 0 radical (unpaired) electrons. The van der Waals surface area contributed by atoms with Crippen molar-refractivity contribution >= 4 is 16.9 Å². The van der Waals surface area contributed by atoms with Crippen LogP contribution in [-0.4, -0.2) is 44.6 Å². The van der Waals surface area contributed by atoms with Gasteiger partial charge in [-0.15, -0.1) is 0 Å². The molecule has 26 heavy (non-hydrogen) atoms. The van der Waals surface area contributed by atoms with E-state index in [9.17, 15) is 9.59 Å². The van der Waals surface area contributed by atoms with Crippen LogP contribution in [0.2, 0.25) is 0 Å². The van der Waals surface area contributed by atoms with Gasteiger partial charge in [0.2, 0.25) is 5.91 Å². The van der Waals surface area contributed by atoms with Gasteiger partial charge in [0.1, 0.15) is 6.54 Å². The highest BCUT2D eigenvalue weighted by atomic mass is 16.2. The highest BCUT2D eigenvalue weighted by Gasteiger charge is 2.28. The largest absolute Gasteiger partial charge is 0.331 e. The summed E-state index contributed by atoms with van der Waals surface area (Å²) in [7, 11) is 1.73. The maximum Gasteiger partial charge on any atom is 0.329 e. The maximum atomic E-state index is 13.1. The molecule has 1 atom stereocenters. The molecule has 7 heteroatoms. The highest BCUT2D eigenvalue weighted by molar-refractivity contribution is 5.81. The summed E-state index contributed by atoms with van der Waals surface area (Å²) in [6, 6.07) is 11.3. The minimum atomic E-state index is -0.174. The number of hydrogen-bond donors (Lipinski definition) is 1. The number of aromatic nitrogens is 3. The second-order valence-electron chi connectivity index (χ2n) is 6.51. The summed E-state index contributed by atoms with van der Waals surface area (Å²) in [6.07, 6.45) is 3.52. The van der Waals surface area contributed by atoms with Gasteiger partial charge in [-0.2, -0.15) is 0 Å². The summed E-state index contributed by atoms with van der Waals surface area (Å²) < 4.78 is 3.14. The van der Waals surface area contributed by atoms with Gasteiger partial charge in [-0.25, -0.2) is 4.79 Å². The zero-order chi connectivity index (χ0) is 18.1. The van der Waals surface area contributed by atoms with Gasteiger partial charge in [0.15, 0.2) is 0 Å². The summed E-state index contributed by atoms with van der Waals surface area (Å²) in [6.45, 7) is 2.07. The molecule has 0 aliphatic carbocycles. The summed E-state index contributed by atoms with van der Waals surface area (Å²) in [5, 5.41) is 3.33. The number of carbonyl (C=O) groups excluding carboxylic acids is 1. The number of aryl methyl sites for hydroxylation is 1. The van der Waals surface area contributed by atoms with Crippen molar-refractivity contribution < 1.29 is 4.79 Å². The van der Waals surface area contributed by atoms with E-state index in [0.29, 0.717) is 13.1 Å². The third-order valence-electron chi connectivity index (χ3n) is 4.98. The van der Waals surface area contributed by atoms with Gasteiger partial charge in [-0.05, 0) is 23.8 Å². The Balaban J connectivity index is 1.65. The lowest BCUT2D eigenvalue weighted by Crippen LogP contribution is -2.50. The van der Waals surface area contributed by atoms with Crippen LogP contribution < -0.4 is 11.0 Å². The monoisotopic (exact) mass is 351 g/mol. The molecule has 0 spiro atoms. The number of para-hydroxylation sites is 2. The van der Waals surface area contributed by atoms with E-state index >= 15 is 0 Å². The first-order valence-corrected chi connectivity index (χ1v) is 8.71. The van der Waals surface area contributed by atoms with Crippen LogP contribution in [0.4, 0.5) is 0 Å². The molecule has 134 valence electrons. The minimum absolute atomic E-state index is 0.0386. The van der Waals surface area contributed by atoms with Gasteiger partial charge in [0.25, 0.3) is 0 Å². The zero-order valence-corrected chi connectivity index (χ0v) is 14.6. The SMILES string of the molecule is Cn1c(=O)n(CC(=O)N2CCNCC2c2cccnc2)c2ccccc21. The van der Waals surface area contributed by atoms with E-state index in [1.54, 1.807) is 28.6 Å². The number of nitrogens with zero attached hydrogens (tertiary/aromatic N) is 4. The number of imidazole rings is 1. The van der Waals surface area contributed by atoms with Gasteiger partial charge in [-0.3, -0.25) is 18.9 Å². The fourth-order valence-electron chi connectivity index (χ4n) is 3.62. The molecule has 7 nitrogen and oxygen atoms in total. The summed E-state index contributed by atoms with van der Waals surface area (Å²) >= 11 is 0. The molecule has 3 heterocycles. The lowest BCUT2D eigenvalue weighted by molar-refractivity contribution is -0.135. The van der Waals surface area contributed by atoms with Crippen LogP contribution in [0.25, 0.3) is 11.0 Å². The summed E-state index contributed by atoms with van der Waals surface area (Å²) in [5.41, 5.74) is 2.43. The Bertz CT molecular complexity index is 992. The first-order chi connectivity index (χ1) is 12.7. The predicted octanol–water partition coefficient (Wildman–Crippen LogP) is 0.908. The van der Waals surface area contributed by atoms with E-state index in [1.807, 2.05) is 41.3 Å².